The lowest BCUT2D eigenvalue weighted by Gasteiger charge is -2.35. The van der Waals surface area contributed by atoms with Gasteiger partial charge in [-0.1, -0.05) is 42.6 Å². The number of piperidine rings is 1. The van der Waals surface area contributed by atoms with Crippen molar-refractivity contribution in [2.75, 3.05) is 19.7 Å². The number of likely N-dealkylation sites (tertiary alicyclic amines) is 1. The largest absolute Gasteiger partial charge is 0.494 e. The van der Waals surface area contributed by atoms with Crippen LogP contribution in [0.1, 0.15) is 75.3 Å². The van der Waals surface area contributed by atoms with Crippen molar-refractivity contribution < 1.29 is 9.53 Å². The number of carbonyl (C=O) groups is 1. The van der Waals surface area contributed by atoms with E-state index >= 15 is 0 Å². The molecule has 0 radical (unpaired) electrons. The van der Waals surface area contributed by atoms with Crippen LogP contribution in [-0.2, 0) is 11.2 Å². The molecular weight excluding hydrogens is 468 g/mol. The van der Waals surface area contributed by atoms with Gasteiger partial charge in [0.15, 0.2) is 0 Å². The van der Waals surface area contributed by atoms with Gasteiger partial charge in [-0.05, 0) is 111 Å². The molecule has 2 saturated heterocycles. The van der Waals surface area contributed by atoms with Crippen molar-refractivity contribution in [2.45, 2.75) is 89.6 Å². The topological polar surface area (TPSA) is 41.6 Å². The highest BCUT2D eigenvalue weighted by atomic mass is 35.5. The van der Waals surface area contributed by atoms with Crippen LogP contribution < -0.4 is 10.1 Å². The second-order valence-corrected chi connectivity index (χ2v) is 11.6. The summed E-state index contributed by atoms with van der Waals surface area (Å²) in [6.07, 6.45) is 12.4. The summed E-state index contributed by atoms with van der Waals surface area (Å²) in [5, 5.41) is 4.44. The fraction of sp³-hybridized carbons (Fsp3) is 0.581. The molecule has 5 heteroatoms. The van der Waals surface area contributed by atoms with Crippen molar-refractivity contribution in [3.05, 3.63) is 52.5 Å². The lowest BCUT2D eigenvalue weighted by Crippen LogP contribution is -2.39. The van der Waals surface area contributed by atoms with E-state index in [1.165, 1.54) is 48.8 Å². The van der Waals surface area contributed by atoms with Gasteiger partial charge in [-0.2, -0.15) is 0 Å². The third-order valence-corrected chi connectivity index (χ3v) is 8.88. The molecule has 2 aromatic rings. The number of nitrogens with one attached hydrogen (secondary N) is 1. The van der Waals surface area contributed by atoms with Gasteiger partial charge in [-0.3, -0.25) is 4.79 Å². The molecule has 1 N–H and O–H groups in total. The Labute approximate surface area is 221 Å². The molecule has 4 nitrogen and oxygen atoms in total. The highest BCUT2D eigenvalue weighted by molar-refractivity contribution is 6.31. The summed E-state index contributed by atoms with van der Waals surface area (Å²) in [5.41, 5.74) is 4.80. The smallest absolute Gasteiger partial charge is 0.222 e. The molecule has 3 atom stereocenters. The first-order valence-electron chi connectivity index (χ1n) is 14.1. The molecule has 1 amide bonds. The van der Waals surface area contributed by atoms with Gasteiger partial charge in [0.2, 0.25) is 5.91 Å². The molecule has 0 spiro atoms. The number of hydrogen-bond acceptors (Lipinski definition) is 3. The van der Waals surface area contributed by atoms with Crippen molar-refractivity contribution in [1.82, 2.24) is 10.2 Å². The van der Waals surface area contributed by atoms with E-state index in [2.05, 4.69) is 53.5 Å². The predicted octanol–water partition coefficient (Wildman–Crippen LogP) is 6.95. The number of amides is 1. The predicted molar refractivity (Wildman–Crippen MR) is 148 cm³/mol. The summed E-state index contributed by atoms with van der Waals surface area (Å²) in [4.78, 5) is 14.4. The molecule has 2 aliphatic heterocycles. The van der Waals surface area contributed by atoms with E-state index in [4.69, 9.17) is 16.3 Å². The third kappa shape index (κ3) is 6.26. The van der Waals surface area contributed by atoms with Gasteiger partial charge in [0.1, 0.15) is 5.75 Å². The molecule has 2 heterocycles. The van der Waals surface area contributed by atoms with E-state index < -0.39 is 0 Å². The van der Waals surface area contributed by atoms with Gasteiger partial charge in [0, 0.05) is 30.1 Å². The Balaban J connectivity index is 1.18. The van der Waals surface area contributed by atoms with E-state index in [1.54, 1.807) is 0 Å². The minimum Gasteiger partial charge on any atom is -0.494 e. The van der Waals surface area contributed by atoms with Gasteiger partial charge >= 0.3 is 0 Å². The van der Waals surface area contributed by atoms with Crippen LogP contribution in [0, 0.1) is 12.8 Å². The standard InChI is InChI=1S/C31H41ClN2O2/c1-22-18-28(36-17-14-26-7-2-3-15-33-26)12-13-29(22)24-10-11-25(30(32)21-24)19-23-6-4-8-27(20-23)34-16-5-9-31(34)35/h10-13,18,21,23,26-27,33H,2-9,14-17,19-20H2,1H3. The van der Waals surface area contributed by atoms with E-state index in [-0.39, 0.29) is 0 Å². The van der Waals surface area contributed by atoms with Gasteiger partial charge < -0.3 is 15.0 Å². The SMILES string of the molecule is Cc1cc(OCCC2CCCCN2)ccc1-c1ccc(CC2CCCC(N3CCCC3=O)C2)c(Cl)c1. The molecule has 5 rings (SSSR count). The molecule has 36 heavy (non-hydrogen) atoms. The second kappa shape index (κ2) is 12.0. The average Bonchev–Trinajstić information content (AvgIpc) is 3.32. The first kappa shape index (κ1) is 25.6. The summed E-state index contributed by atoms with van der Waals surface area (Å²) in [6.45, 7) is 4.99. The molecule has 3 unspecified atom stereocenters. The quantitative estimate of drug-likeness (QED) is 0.419. The maximum absolute atomic E-state index is 12.2. The molecule has 3 aliphatic rings. The van der Waals surface area contributed by atoms with E-state index in [9.17, 15) is 4.79 Å². The summed E-state index contributed by atoms with van der Waals surface area (Å²) in [7, 11) is 0. The van der Waals surface area contributed by atoms with Crippen LogP contribution in [0.2, 0.25) is 5.02 Å². The number of nitrogens with zero attached hydrogens (tertiary/aromatic N) is 1. The molecule has 0 bridgehead atoms. The van der Waals surface area contributed by atoms with Crippen LogP contribution in [0.25, 0.3) is 11.1 Å². The number of carbonyl (C=O) groups excluding carboxylic acids is 1. The third-order valence-electron chi connectivity index (χ3n) is 8.52. The highest BCUT2D eigenvalue weighted by Gasteiger charge is 2.32. The van der Waals surface area contributed by atoms with Crippen LogP contribution in [-0.4, -0.2) is 42.6 Å². The van der Waals surface area contributed by atoms with Crippen LogP contribution >= 0.6 is 11.6 Å². The van der Waals surface area contributed by atoms with E-state index in [0.717, 1.165) is 74.6 Å². The molecule has 1 saturated carbocycles. The van der Waals surface area contributed by atoms with Gasteiger partial charge in [0.25, 0.3) is 0 Å². The van der Waals surface area contributed by atoms with Crippen molar-refractivity contribution in [3.63, 3.8) is 0 Å². The normalized spacial score (nSPS) is 24.8. The Morgan fingerprint density at radius 3 is 2.72 bits per heavy atom. The minimum absolute atomic E-state index is 0.357. The number of ether oxygens (including phenoxy) is 1. The fourth-order valence-corrected chi connectivity index (χ4v) is 6.77. The van der Waals surface area contributed by atoms with Crippen molar-refractivity contribution in [3.8, 4) is 16.9 Å². The summed E-state index contributed by atoms with van der Waals surface area (Å²) in [5.74, 6) is 1.90. The number of aryl methyl sites for hydroxylation is 1. The molecule has 194 valence electrons. The monoisotopic (exact) mass is 508 g/mol. The second-order valence-electron chi connectivity index (χ2n) is 11.1. The maximum Gasteiger partial charge on any atom is 0.222 e. The lowest BCUT2D eigenvalue weighted by atomic mass is 9.81. The maximum atomic E-state index is 12.2. The summed E-state index contributed by atoms with van der Waals surface area (Å²) < 4.78 is 6.07. The Morgan fingerprint density at radius 1 is 1.06 bits per heavy atom. The lowest BCUT2D eigenvalue weighted by molar-refractivity contribution is -0.130. The first-order valence-corrected chi connectivity index (χ1v) is 14.5. The molecular formula is C31H41ClN2O2. The van der Waals surface area contributed by atoms with Crippen LogP contribution in [0.5, 0.6) is 5.75 Å². The summed E-state index contributed by atoms with van der Waals surface area (Å²) >= 11 is 6.82. The van der Waals surface area contributed by atoms with Gasteiger partial charge in [-0.15, -0.1) is 0 Å². The Hall–Kier alpha value is -2.04. The van der Waals surface area contributed by atoms with Crippen molar-refractivity contribution >= 4 is 17.5 Å². The average molecular weight is 509 g/mol. The van der Waals surface area contributed by atoms with Crippen LogP contribution in [0.4, 0.5) is 0 Å². The number of benzene rings is 2. The number of halogens is 1. The van der Waals surface area contributed by atoms with Crippen LogP contribution in [0.3, 0.4) is 0 Å². The Morgan fingerprint density at radius 2 is 1.97 bits per heavy atom. The number of rotatable bonds is 8. The molecule has 2 aromatic carbocycles. The van der Waals surface area contributed by atoms with E-state index in [0.29, 0.717) is 23.9 Å². The van der Waals surface area contributed by atoms with Crippen LogP contribution in [0.15, 0.2) is 36.4 Å². The van der Waals surface area contributed by atoms with Gasteiger partial charge in [0.05, 0.1) is 6.61 Å². The fourth-order valence-electron chi connectivity index (χ4n) is 6.52. The molecule has 0 aromatic heterocycles. The summed E-state index contributed by atoms with van der Waals surface area (Å²) in [6, 6.07) is 14.0. The molecule has 3 fully saturated rings. The minimum atomic E-state index is 0.357. The zero-order valence-electron chi connectivity index (χ0n) is 21.7. The highest BCUT2D eigenvalue weighted by Crippen LogP contribution is 2.35. The van der Waals surface area contributed by atoms with Crippen molar-refractivity contribution in [1.29, 1.82) is 0 Å². The zero-order chi connectivity index (χ0) is 24.9. The van der Waals surface area contributed by atoms with Crippen molar-refractivity contribution in [2.24, 2.45) is 5.92 Å². The van der Waals surface area contributed by atoms with E-state index in [1.807, 2.05) is 0 Å². The Bertz CT molecular complexity index is 1050. The zero-order valence-corrected chi connectivity index (χ0v) is 22.5. The molecule has 1 aliphatic carbocycles. The number of hydrogen-bond donors (Lipinski definition) is 1. The van der Waals surface area contributed by atoms with Gasteiger partial charge in [-0.25, -0.2) is 0 Å². The Kier molecular flexibility index (Phi) is 8.54. The first-order chi connectivity index (χ1) is 17.6.